The summed E-state index contributed by atoms with van der Waals surface area (Å²) in [6.07, 6.45) is 3.16. The number of hydrogen-bond acceptors (Lipinski definition) is 6. The normalized spacial score (nSPS) is 19.4. The number of hydrogen-bond donors (Lipinski definition) is 1. The van der Waals surface area contributed by atoms with E-state index in [0.29, 0.717) is 31.5 Å². The second kappa shape index (κ2) is 11.6. The van der Waals surface area contributed by atoms with Crippen LogP contribution in [0.3, 0.4) is 0 Å². The minimum absolute atomic E-state index is 0.215. The van der Waals surface area contributed by atoms with Crippen LogP contribution in [0, 0.1) is 5.92 Å². The van der Waals surface area contributed by atoms with Crippen molar-refractivity contribution in [1.29, 1.82) is 0 Å². The summed E-state index contributed by atoms with van der Waals surface area (Å²) in [5.41, 5.74) is 2.52. The molecule has 4 heterocycles. The highest BCUT2D eigenvalue weighted by molar-refractivity contribution is 6.23. The largest absolute Gasteiger partial charge is 0.472 e. The molecule has 2 saturated heterocycles. The molecular formula is C28H33N5O4. The van der Waals surface area contributed by atoms with Crippen LogP contribution in [0.1, 0.15) is 30.5 Å². The topological polar surface area (TPSA) is 98.6 Å². The average Bonchev–Trinajstić information content (AvgIpc) is 2.93. The average molecular weight is 504 g/mol. The van der Waals surface area contributed by atoms with Crippen LogP contribution in [-0.4, -0.2) is 83.6 Å². The Balaban J connectivity index is 1.18. The number of carboxylic acid groups (broad SMARTS) is 1. The summed E-state index contributed by atoms with van der Waals surface area (Å²) < 4.78 is 5.96. The number of piperazine rings is 1. The Morgan fingerprint density at radius 2 is 1.73 bits per heavy atom. The second-order valence-electron chi connectivity index (χ2n) is 9.79. The van der Waals surface area contributed by atoms with E-state index >= 15 is 0 Å². The maximum Gasteiger partial charge on any atom is 0.407 e. The first-order valence-electron chi connectivity index (χ1n) is 13.0. The monoisotopic (exact) mass is 503 g/mol. The Bertz CT molecular complexity index is 1170. The molecule has 9 nitrogen and oxygen atoms in total. The van der Waals surface area contributed by atoms with E-state index in [0.717, 1.165) is 68.2 Å². The van der Waals surface area contributed by atoms with E-state index in [9.17, 15) is 9.59 Å². The molecule has 3 aliphatic heterocycles. The fourth-order valence-corrected chi connectivity index (χ4v) is 5.13. The number of carbonyl (C=O) groups excluding carboxylic acids is 1. The molecule has 0 radical (unpaired) electrons. The standard InChI is InChI=1S/C28H33N5O4/c34-26-10-9-23(27(30-26)37-20-22-5-2-1-3-6-22)24-7-4-8-25(29-24)32-17-15-31(16-18-32)19-21-11-13-33(14-12-21)28(35)36/h1-9,21H,10-20H2,(H,35,36). The lowest BCUT2D eigenvalue weighted by molar-refractivity contribution is -0.117. The molecule has 37 heavy (non-hydrogen) atoms. The first-order chi connectivity index (χ1) is 18.0. The molecule has 0 spiro atoms. The Labute approximate surface area is 217 Å². The molecule has 0 saturated carbocycles. The van der Waals surface area contributed by atoms with Gasteiger partial charge in [0, 0.05) is 52.2 Å². The third-order valence-corrected chi connectivity index (χ3v) is 7.26. The number of ether oxygens (including phenoxy) is 1. The predicted molar refractivity (Wildman–Crippen MR) is 141 cm³/mol. The van der Waals surface area contributed by atoms with E-state index in [2.05, 4.69) is 14.8 Å². The van der Waals surface area contributed by atoms with Crippen LogP contribution in [-0.2, 0) is 16.1 Å². The van der Waals surface area contributed by atoms with E-state index in [1.165, 1.54) is 4.90 Å². The highest BCUT2D eigenvalue weighted by Crippen LogP contribution is 2.25. The van der Waals surface area contributed by atoms with Crippen molar-refractivity contribution in [2.75, 3.05) is 50.7 Å². The number of dihydropyridines is 1. The van der Waals surface area contributed by atoms with Crippen LogP contribution in [0.15, 0.2) is 59.6 Å². The maximum atomic E-state index is 12.0. The van der Waals surface area contributed by atoms with Crippen LogP contribution >= 0.6 is 0 Å². The van der Waals surface area contributed by atoms with Gasteiger partial charge in [0.1, 0.15) is 12.4 Å². The molecule has 0 aliphatic carbocycles. The molecule has 194 valence electrons. The van der Waals surface area contributed by atoms with Gasteiger partial charge in [0.15, 0.2) is 0 Å². The van der Waals surface area contributed by atoms with E-state index in [1.54, 1.807) is 0 Å². The predicted octanol–water partition coefficient (Wildman–Crippen LogP) is 3.52. The van der Waals surface area contributed by atoms with Crippen molar-refractivity contribution in [2.45, 2.75) is 25.9 Å². The zero-order valence-corrected chi connectivity index (χ0v) is 21.0. The fourth-order valence-electron chi connectivity index (χ4n) is 5.13. The highest BCUT2D eigenvalue weighted by atomic mass is 16.5. The number of amides is 2. The Morgan fingerprint density at radius 3 is 2.46 bits per heavy atom. The molecule has 0 bridgehead atoms. The molecule has 0 atom stereocenters. The van der Waals surface area contributed by atoms with Gasteiger partial charge < -0.3 is 19.6 Å². The van der Waals surface area contributed by atoms with Gasteiger partial charge in [-0.1, -0.05) is 42.5 Å². The number of benzene rings is 1. The van der Waals surface area contributed by atoms with Crippen molar-refractivity contribution in [2.24, 2.45) is 10.9 Å². The van der Waals surface area contributed by atoms with Crippen molar-refractivity contribution in [3.8, 4) is 0 Å². The number of pyridine rings is 1. The van der Waals surface area contributed by atoms with Gasteiger partial charge in [0.2, 0.25) is 5.90 Å². The minimum Gasteiger partial charge on any atom is -0.472 e. The molecule has 1 aromatic carbocycles. The van der Waals surface area contributed by atoms with E-state index < -0.39 is 6.09 Å². The van der Waals surface area contributed by atoms with Crippen LogP contribution in [0.5, 0.6) is 0 Å². The fraction of sp³-hybridized carbons (Fsp3) is 0.429. The summed E-state index contributed by atoms with van der Waals surface area (Å²) in [4.78, 5) is 38.6. The molecule has 9 heteroatoms. The molecule has 1 N–H and O–H groups in total. The first-order valence-corrected chi connectivity index (χ1v) is 13.0. The van der Waals surface area contributed by atoms with Gasteiger partial charge in [-0.3, -0.25) is 9.69 Å². The van der Waals surface area contributed by atoms with E-state index in [-0.39, 0.29) is 12.3 Å². The summed E-state index contributed by atoms with van der Waals surface area (Å²) in [5, 5.41) is 9.16. The molecule has 0 unspecified atom stereocenters. The van der Waals surface area contributed by atoms with Crippen LogP contribution < -0.4 is 4.90 Å². The van der Waals surface area contributed by atoms with Crippen molar-refractivity contribution < 1.29 is 19.4 Å². The van der Waals surface area contributed by atoms with Crippen LogP contribution in [0.2, 0.25) is 0 Å². The lowest BCUT2D eigenvalue weighted by Gasteiger charge is -2.39. The van der Waals surface area contributed by atoms with Crippen LogP contribution in [0.25, 0.3) is 5.57 Å². The molecule has 1 aromatic heterocycles. The first kappa shape index (κ1) is 25.0. The summed E-state index contributed by atoms with van der Waals surface area (Å²) in [5.74, 6) is 1.57. The smallest absolute Gasteiger partial charge is 0.407 e. The summed E-state index contributed by atoms with van der Waals surface area (Å²) >= 11 is 0. The van der Waals surface area contributed by atoms with Crippen molar-refractivity contribution in [3.63, 3.8) is 0 Å². The summed E-state index contributed by atoms with van der Waals surface area (Å²) in [7, 11) is 0. The molecule has 3 aliphatic rings. The Kier molecular flexibility index (Phi) is 7.79. The number of piperidine rings is 1. The molecular weight excluding hydrogens is 470 g/mol. The molecule has 2 amide bonds. The van der Waals surface area contributed by atoms with Gasteiger partial charge >= 0.3 is 6.09 Å². The summed E-state index contributed by atoms with van der Waals surface area (Å²) in [6, 6.07) is 15.8. The van der Waals surface area contributed by atoms with Gasteiger partial charge in [0.25, 0.3) is 5.91 Å². The number of likely N-dealkylation sites (tertiary alicyclic amines) is 1. The van der Waals surface area contributed by atoms with Crippen molar-refractivity contribution in [3.05, 3.63) is 65.9 Å². The third kappa shape index (κ3) is 6.35. The van der Waals surface area contributed by atoms with Gasteiger partial charge in [-0.15, -0.1) is 0 Å². The zero-order valence-electron chi connectivity index (χ0n) is 21.0. The number of anilines is 1. The van der Waals surface area contributed by atoms with Crippen molar-refractivity contribution in [1.82, 2.24) is 14.8 Å². The van der Waals surface area contributed by atoms with Gasteiger partial charge in [-0.05, 0) is 36.5 Å². The van der Waals surface area contributed by atoms with Gasteiger partial charge in [-0.2, -0.15) is 4.99 Å². The van der Waals surface area contributed by atoms with Crippen LogP contribution in [0.4, 0.5) is 10.6 Å². The number of aliphatic imine (C=N–C) groups is 1. The number of nitrogens with zero attached hydrogens (tertiary/aromatic N) is 5. The third-order valence-electron chi connectivity index (χ3n) is 7.26. The van der Waals surface area contributed by atoms with Gasteiger partial charge in [0.05, 0.1) is 11.3 Å². The van der Waals surface area contributed by atoms with E-state index in [1.807, 2.05) is 54.6 Å². The zero-order chi connectivity index (χ0) is 25.6. The quantitative estimate of drug-likeness (QED) is 0.644. The Morgan fingerprint density at radius 1 is 0.973 bits per heavy atom. The number of aromatic nitrogens is 1. The maximum absolute atomic E-state index is 12.0. The molecule has 2 aromatic rings. The molecule has 2 fully saturated rings. The minimum atomic E-state index is -0.807. The SMILES string of the molecule is O=C1CC=C(c2cccc(N3CCN(CC4CCN(C(=O)O)CC4)CC3)n2)C(OCc2ccccc2)=N1. The lowest BCUT2D eigenvalue weighted by Crippen LogP contribution is -2.49. The lowest BCUT2D eigenvalue weighted by atomic mass is 9.96. The second-order valence-corrected chi connectivity index (χ2v) is 9.79. The highest BCUT2D eigenvalue weighted by Gasteiger charge is 2.26. The van der Waals surface area contributed by atoms with Gasteiger partial charge in [-0.25, -0.2) is 9.78 Å². The van der Waals surface area contributed by atoms with E-state index in [4.69, 9.17) is 14.8 Å². The molecule has 5 rings (SSSR count). The van der Waals surface area contributed by atoms with Crippen molar-refractivity contribution >= 4 is 29.3 Å². The number of carbonyl (C=O) groups is 2. The Hall–Kier alpha value is -3.72. The number of rotatable bonds is 6. The summed E-state index contributed by atoms with van der Waals surface area (Å²) in [6.45, 7) is 6.30.